The number of unbranched alkanes of at least 4 members (excludes halogenated alkanes) is 9. The van der Waals surface area contributed by atoms with E-state index in [1.165, 1.54) is 57.8 Å². The first-order valence-corrected chi connectivity index (χ1v) is 17.0. The van der Waals surface area contributed by atoms with Crippen LogP contribution in [0, 0.1) is 0 Å². The summed E-state index contributed by atoms with van der Waals surface area (Å²) in [5.41, 5.74) is 2.43. The Morgan fingerprint density at radius 2 is 1.14 bits per heavy atom. The van der Waals surface area contributed by atoms with Gasteiger partial charge in [0.05, 0.1) is 6.61 Å². The van der Waals surface area contributed by atoms with E-state index >= 15 is 0 Å². The Morgan fingerprint density at radius 1 is 0.659 bits per heavy atom. The third-order valence-corrected chi connectivity index (χ3v) is 8.99. The van der Waals surface area contributed by atoms with Crippen LogP contribution in [0.15, 0.2) is 103 Å². The molecule has 0 unspecified atom stereocenters. The van der Waals surface area contributed by atoms with Crippen molar-refractivity contribution in [1.82, 2.24) is 0 Å². The molecule has 2 heterocycles. The zero-order chi connectivity index (χ0) is 30.7. The molecule has 2 saturated heterocycles. The van der Waals surface area contributed by atoms with Crippen LogP contribution in [0.2, 0.25) is 0 Å². The first-order chi connectivity index (χ1) is 21.5. The Kier molecular flexibility index (Phi) is 11.9. The molecule has 44 heavy (non-hydrogen) atoms. The molecular weight excluding hydrogens is 544 g/mol. The zero-order valence-electron chi connectivity index (χ0n) is 27.0. The van der Waals surface area contributed by atoms with Gasteiger partial charge < -0.3 is 18.9 Å². The highest BCUT2D eigenvalue weighted by Gasteiger charge is 2.55. The van der Waals surface area contributed by atoms with Crippen molar-refractivity contribution in [3.05, 3.63) is 120 Å². The summed E-state index contributed by atoms with van der Waals surface area (Å²) in [6, 6.07) is 31.5. The van der Waals surface area contributed by atoms with Crippen LogP contribution in [0.3, 0.4) is 0 Å². The second-order valence-corrected chi connectivity index (χ2v) is 12.8. The monoisotopic (exact) mass is 596 g/mol. The second kappa shape index (κ2) is 16.0. The SMILES string of the molecule is CCCCCCCCCCC/C=C\[C@H]1O[C@@H](COC(c2ccccc2)(c2ccccc2)c2ccccc2)[C@@H]2OC(C)(C)O[C@@H]21. The second-order valence-electron chi connectivity index (χ2n) is 12.8. The van der Waals surface area contributed by atoms with Crippen LogP contribution in [-0.2, 0) is 24.5 Å². The molecule has 0 amide bonds. The third-order valence-electron chi connectivity index (χ3n) is 8.99. The number of ether oxygens (including phenoxy) is 4. The van der Waals surface area contributed by atoms with Gasteiger partial charge in [-0.1, -0.05) is 161 Å². The van der Waals surface area contributed by atoms with Gasteiger partial charge in [0.25, 0.3) is 0 Å². The van der Waals surface area contributed by atoms with Crippen molar-refractivity contribution in [2.24, 2.45) is 0 Å². The number of benzene rings is 3. The molecular formula is C40H52O4. The maximum Gasteiger partial charge on any atom is 0.164 e. The summed E-state index contributed by atoms with van der Waals surface area (Å²) in [6.45, 7) is 6.63. The third kappa shape index (κ3) is 8.09. The van der Waals surface area contributed by atoms with Crippen molar-refractivity contribution in [2.45, 2.75) is 121 Å². The van der Waals surface area contributed by atoms with E-state index in [4.69, 9.17) is 18.9 Å². The van der Waals surface area contributed by atoms with Crippen molar-refractivity contribution >= 4 is 0 Å². The summed E-state index contributed by atoms with van der Waals surface area (Å²) >= 11 is 0. The predicted molar refractivity (Wildman–Crippen MR) is 179 cm³/mol. The number of allylic oxidation sites excluding steroid dienone is 1. The van der Waals surface area contributed by atoms with Crippen LogP contribution in [0.1, 0.15) is 102 Å². The van der Waals surface area contributed by atoms with Crippen LogP contribution in [0.25, 0.3) is 0 Å². The minimum Gasteiger partial charge on any atom is -0.363 e. The normalized spacial score (nSPS) is 22.9. The topological polar surface area (TPSA) is 36.9 Å². The van der Waals surface area contributed by atoms with Crippen LogP contribution >= 0.6 is 0 Å². The molecule has 2 fully saturated rings. The Labute approximate surface area is 265 Å². The lowest BCUT2D eigenvalue weighted by atomic mass is 9.80. The molecule has 2 aliphatic heterocycles. The molecule has 4 nitrogen and oxygen atoms in total. The van der Waals surface area contributed by atoms with Crippen LogP contribution in [0.4, 0.5) is 0 Å². The number of rotatable bonds is 17. The van der Waals surface area contributed by atoms with Gasteiger partial charge in [-0.15, -0.1) is 0 Å². The van der Waals surface area contributed by atoms with Crippen molar-refractivity contribution in [3.63, 3.8) is 0 Å². The molecule has 0 aromatic heterocycles. The van der Waals surface area contributed by atoms with E-state index in [2.05, 4.69) is 91.9 Å². The fourth-order valence-corrected chi connectivity index (χ4v) is 6.78. The molecule has 0 spiro atoms. The molecule has 0 bridgehead atoms. The zero-order valence-corrected chi connectivity index (χ0v) is 27.0. The summed E-state index contributed by atoms with van der Waals surface area (Å²) in [5, 5.41) is 0. The summed E-state index contributed by atoms with van der Waals surface area (Å²) < 4.78 is 26.6. The van der Waals surface area contributed by atoms with E-state index in [0.717, 1.165) is 23.1 Å². The first-order valence-electron chi connectivity index (χ1n) is 17.0. The predicted octanol–water partition coefficient (Wildman–Crippen LogP) is 9.76. The summed E-state index contributed by atoms with van der Waals surface area (Å²) in [7, 11) is 0. The van der Waals surface area contributed by atoms with E-state index in [0.29, 0.717) is 6.61 Å². The molecule has 3 aromatic rings. The number of hydrogen-bond donors (Lipinski definition) is 0. The van der Waals surface area contributed by atoms with E-state index in [9.17, 15) is 0 Å². The fourth-order valence-electron chi connectivity index (χ4n) is 6.78. The molecule has 0 radical (unpaired) electrons. The van der Waals surface area contributed by atoms with Gasteiger partial charge in [0.1, 0.15) is 30.0 Å². The molecule has 0 N–H and O–H groups in total. The van der Waals surface area contributed by atoms with E-state index in [1.54, 1.807) is 0 Å². The molecule has 0 aliphatic carbocycles. The first kappa shape index (κ1) is 32.6. The molecule has 3 aromatic carbocycles. The van der Waals surface area contributed by atoms with Gasteiger partial charge in [-0.3, -0.25) is 0 Å². The van der Waals surface area contributed by atoms with E-state index in [-0.39, 0.29) is 24.4 Å². The Balaban J connectivity index is 1.27. The molecule has 4 atom stereocenters. The number of fused-ring (bicyclic) bond motifs is 1. The van der Waals surface area contributed by atoms with Gasteiger partial charge in [-0.05, 0) is 43.4 Å². The van der Waals surface area contributed by atoms with Gasteiger partial charge >= 0.3 is 0 Å². The Morgan fingerprint density at radius 3 is 1.66 bits per heavy atom. The van der Waals surface area contributed by atoms with Gasteiger partial charge in [0, 0.05) is 0 Å². The maximum absolute atomic E-state index is 7.12. The highest BCUT2D eigenvalue weighted by atomic mass is 16.8. The minimum atomic E-state index is -0.804. The van der Waals surface area contributed by atoms with Gasteiger partial charge in [-0.25, -0.2) is 0 Å². The van der Waals surface area contributed by atoms with Crippen molar-refractivity contribution in [2.75, 3.05) is 6.61 Å². The van der Waals surface area contributed by atoms with Crippen LogP contribution in [-0.4, -0.2) is 36.8 Å². The Hall–Kier alpha value is -2.76. The minimum absolute atomic E-state index is 0.155. The molecule has 4 heteroatoms. The van der Waals surface area contributed by atoms with Gasteiger partial charge in [0.2, 0.25) is 0 Å². The van der Waals surface area contributed by atoms with Gasteiger partial charge in [-0.2, -0.15) is 0 Å². The average Bonchev–Trinajstić information content (AvgIpc) is 3.54. The highest BCUT2D eigenvalue weighted by Crippen LogP contribution is 2.43. The maximum atomic E-state index is 7.12. The quantitative estimate of drug-likeness (QED) is 0.0883. The van der Waals surface area contributed by atoms with Crippen LogP contribution < -0.4 is 0 Å². The average molecular weight is 597 g/mol. The van der Waals surface area contributed by atoms with Crippen molar-refractivity contribution < 1.29 is 18.9 Å². The van der Waals surface area contributed by atoms with Crippen LogP contribution in [0.5, 0.6) is 0 Å². The van der Waals surface area contributed by atoms with Gasteiger partial charge in [0.15, 0.2) is 5.79 Å². The van der Waals surface area contributed by atoms with Crippen molar-refractivity contribution in [3.8, 4) is 0 Å². The molecule has 0 saturated carbocycles. The summed E-state index contributed by atoms with van der Waals surface area (Å²) in [6.07, 6.45) is 16.8. The molecule has 2 aliphatic rings. The number of hydrogen-bond acceptors (Lipinski definition) is 4. The summed E-state index contributed by atoms with van der Waals surface area (Å²) in [4.78, 5) is 0. The van der Waals surface area contributed by atoms with Crippen molar-refractivity contribution in [1.29, 1.82) is 0 Å². The Bertz CT molecular complexity index is 1160. The molecule has 236 valence electrons. The summed E-state index contributed by atoms with van der Waals surface area (Å²) in [5.74, 6) is -0.657. The smallest absolute Gasteiger partial charge is 0.164 e. The van der Waals surface area contributed by atoms with E-state index in [1.807, 2.05) is 32.0 Å². The highest BCUT2D eigenvalue weighted by molar-refractivity contribution is 5.47. The standard InChI is InChI=1S/C40H52O4/c1-4-5-6-7-8-9-10-11-12-13-23-30-35-37-38(44-39(2,3)43-37)36(42-35)31-41-40(32-24-17-14-18-25-32,33-26-19-15-20-27-33)34-28-21-16-22-29-34/h14-30,35-38H,4-13,31H2,1-3H3/b30-23-/t35-,36+,37-,38+/m1/s1. The lowest BCUT2D eigenvalue weighted by Crippen LogP contribution is -2.39. The lowest BCUT2D eigenvalue weighted by Gasteiger charge is -2.37. The molecule has 5 rings (SSSR count). The van der Waals surface area contributed by atoms with E-state index < -0.39 is 11.4 Å². The lowest BCUT2D eigenvalue weighted by molar-refractivity contribution is -0.190. The fraction of sp³-hybridized carbons (Fsp3) is 0.500. The largest absolute Gasteiger partial charge is 0.363 e.